The van der Waals surface area contributed by atoms with Gasteiger partial charge in [0.25, 0.3) is 0 Å². The molecule has 1 unspecified atom stereocenters. The van der Waals surface area contributed by atoms with Gasteiger partial charge in [0.2, 0.25) is 0 Å². The van der Waals surface area contributed by atoms with Gasteiger partial charge < -0.3 is 0 Å². The third kappa shape index (κ3) is 4.46. The summed E-state index contributed by atoms with van der Waals surface area (Å²) in [5, 5.41) is 0. The predicted octanol–water partition coefficient (Wildman–Crippen LogP) is 3.75. The average molecular weight is 307 g/mol. The Bertz CT molecular complexity index is 503. The topological polar surface area (TPSA) is 34.1 Å². The zero-order valence-corrected chi connectivity index (χ0v) is 13.1. The van der Waals surface area contributed by atoms with E-state index in [1.165, 1.54) is 12.1 Å². The molecule has 0 amide bonds. The minimum atomic E-state index is -3.15. The highest BCUT2D eigenvalue weighted by atomic mass is 35.5. The molecule has 0 bridgehead atoms. The van der Waals surface area contributed by atoms with E-state index >= 15 is 0 Å². The molecule has 5 heteroatoms. The zero-order valence-electron chi connectivity index (χ0n) is 11.5. The smallest absolute Gasteiger partial charge is 0.155 e. The fourth-order valence-corrected chi connectivity index (χ4v) is 3.21. The van der Waals surface area contributed by atoms with Crippen molar-refractivity contribution in [2.75, 3.05) is 11.6 Å². The van der Waals surface area contributed by atoms with E-state index in [0.29, 0.717) is 12.3 Å². The highest BCUT2D eigenvalue weighted by Crippen LogP contribution is 2.25. The first-order valence-corrected chi connectivity index (χ1v) is 8.40. The summed E-state index contributed by atoms with van der Waals surface area (Å²) >= 11 is 5.90. The van der Waals surface area contributed by atoms with Gasteiger partial charge in [0.15, 0.2) is 9.84 Å². The second-order valence-electron chi connectivity index (χ2n) is 5.62. The molecule has 1 aromatic carbocycles. The number of hydrogen-bond donors (Lipinski definition) is 0. The number of sulfone groups is 1. The van der Waals surface area contributed by atoms with E-state index in [2.05, 4.69) is 0 Å². The van der Waals surface area contributed by atoms with Crippen molar-refractivity contribution in [1.29, 1.82) is 0 Å². The maximum absolute atomic E-state index is 12.9. The monoisotopic (exact) mass is 306 g/mol. The predicted molar refractivity (Wildman–Crippen MR) is 78.0 cm³/mol. The largest absolute Gasteiger partial charge is 0.228 e. The van der Waals surface area contributed by atoms with Crippen LogP contribution in [0.4, 0.5) is 4.39 Å². The normalized spacial score (nSPS) is 14.4. The van der Waals surface area contributed by atoms with Crippen molar-refractivity contribution in [2.24, 2.45) is 0 Å². The van der Waals surface area contributed by atoms with E-state index in [1.807, 2.05) is 0 Å². The third-order valence-electron chi connectivity index (χ3n) is 3.20. The minimum absolute atomic E-state index is 0.0700. The van der Waals surface area contributed by atoms with Gasteiger partial charge in [0.05, 0.1) is 10.5 Å². The summed E-state index contributed by atoms with van der Waals surface area (Å²) in [6.45, 7) is 5.07. The van der Waals surface area contributed by atoms with Gasteiger partial charge in [0, 0.05) is 5.88 Å². The van der Waals surface area contributed by atoms with Crippen LogP contribution in [-0.2, 0) is 9.84 Å². The minimum Gasteiger partial charge on any atom is -0.228 e. The Labute approximate surface area is 119 Å². The molecule has 0 saturated carbocycles. The van der Waals surface area contributed by atoms with Crippen LogP contribution in [-0.4, -0.2) is 24.8 Å². The Balaban J connectivity index is 2.77. The summed E-state index contributed by atoms with van der Waals surface area (Å²) in [6, 6.07) is 6.05. The number of benzene rings is 1. The summed E-state index contributed by atoms with van der Waals surface area (Å²) in [5.74, 6) is 0.0371. The summed E-state index contributed by atoms with van der Waals surface area (Å²) < 4.78 is 36.2. The Kier molecular flexibility index (Phi) is 5.39. The first-order valence-electron chi connectivity index (χ1n) is 6.21. The molecule has 0 fully saturated rings. The molecule has 108 valence electrons. The van der Waals surface area contributed by atoms with Crippen LogP contribution in [0.3, 0.4) is 0 Å². The van der Waals surface area contributed by atoms with Gasteiger partial charge in [-0.1, -0.05) is 12.1 Å². The van der Waals surface area contributed by atoms with E-state index in [1.54, 1.807) is 32.9 Å². The average Bonchev–Trinajstić information content (AvgIpc) is 2.30. The van der Waals surface area contributed by atoms with Crippen LogP contribution in [0.2, 0.25) is 0 Å². The van der Waals surface area contributed by atoms with Crippen LogP contribution in [0.25, 0.3) is 0 Å². The van der Waals surface area contributed by atoms with Crippen molar-refractivity contribution in [1.82, 2.24) is 0 Å². The molecule has 2 nitrogen and oxygen atoms in total. The molecular formula is C14H20ClFO2S. The third-order valence-corrected chi connectivity index (χ3v) is 6.21. The maximum Gasteiger partial charge on any atom is 0.155 e. The molecule has 0 aliphatic rings. The van der Waals surface area contributed by atoms with Crippen molar-refractivity contribution in [3.63, 3.8) is 0 Å². The number of hydrogen-bond acceptors (Lipinski definition) is 2. The van der Waals surface area contributed by atoms with Crippen molar-refractivity contribution in [3.05, 3.63) is 35.6 Å². The van der Waals surface area contributed by atoms with Gasteiger partial charge in [-0.3, -0.25) is 0 Å². The molecule has 19 heavy (non-hydrogen) atoms. The summed E-state index contributed by atoms with van der Waals surface area (Å²) in [5.41, 5.74) is 0.875. The quantitative estimate of drug-likeness (QED) is 0.776. The van der Waals surface area contributed by atoms with Gasteiger partial charge in [-0.05, 0) is 50.8 Å². The first kappa shape index (κ1) is 16.4. The molecular weight excluding hydrogens is 287 g/mol. The first-order chi connectivity index (χ1) is 8.67. The van der Waals surface area contributed by atoms with E-state index in [9.17, 15) is 12.8 Å². The molecule has 0 saturated heterocycles. The van der Waals surface area contributed by atoms with E-state index < -0.39 is 14.6 Å². The highest BCUT2D eigenvalue weighted by Gasteiger charge is 2.29. The second kappa shape index (κ2) is 6.23. The zero-order chi connectivity index (χ0) is 14.7. The van der Waals surface area contributed by atoms with E-state index in [-0.39, 0.29) is 17.5 Å². The van der Waals surface area contributed by atoms with Gasteiger partial charge in [-0.15, -0.1) is 11.6 Å². The van der Waals surface area contributed by atoms with Crippen LogP contribution in [0.1, 0.15) is 38.7 Å². The van der Waals surface area contributed by atoms with Crippen molar-refractivity contribution in [3.8, 4) is 0 Å². The Hall–Kier alpha value is -0.610. The lowest BCUT2D eigenvalue weighted by atomic mass is 9.99. The maximum atomic E-state index is 12.9. The Morgan fingerprint density at radius 1 is 1.21 bits per heavy atom. The Morgan fingerprint density at radius 2 is 1.74 bits per heavy atom. The molecule has 1 rings (SSSR count). The summed E-state index contributed by atoms with van der Waals surface area (Å²) in [6.07, 6.45) is 0.453. The van der Waals surface area contributed by atoms with Crippen LogP contribution >= 0.6 is 11.6 Å². The second-order valence-corrected chi connectivity index (χ2v) is 8.79. The molecule has 1 aromatic rings. The molecule has 0 radical (unpaired) electrons. The SMILES string of the molecule is CC(C)(C)S(=O)(=O)CCC(CCl)c1ccc(F)cc1. The van der Waals surface area contributed by atoms with E-state index in [4.69, 9.17) is 11.6 Å². The molecule has 1 atom stereocenters. The molecule has 0 aromatic heterocycles. The lowest BCUT2D eigenvalue weighted by molar-refractivity contribution is 0.553. The fraction of sp³-hybridized carbons (Fsp3) is 0.571. The summed E-state index contributed by atoms with van der Waals surface area (Å²) in [7, 11) is -3.15. The number of halogens is 2. The van der Waals surface area contributed by atoms with Crippen molar-refractivity contribution in [2.45, 2.75) is 37.9 Å². The lowest BCUT2D eigenvalue weighted by Gasteiger charge is -2.21. The van der Waals surface area contributed by atoms with Crippen molar-refractivity contribution >= 4 is 21.4 Å². The Morgan fingerprint density at radius 3 is 2.16 bits per heavy atom. The van der Waals surface area contributed by atoms with Crippen LogP contribution in [0.5, 0.6) is 0 Å². The molecule has 0 aliphatic heterocycles. The highest BCUT2D eigenvalue weighted by molar-refractivity contribution is 7.92. The van der Waals surface area contributed by atoms with Crippen LogP contribution in [0.15, 0.2) is 24.3 Å². The van der Waals surface area contributed by atoms with Gasteiger partial charge in [-0.2, -0.15) is 0 Å². The fourth-order valence-electron chi connectivity index (χ4n) is 1.67. The molecule has 0 N–H and O–H groups in total. The number of rotatable bonds is 5. The number of alkyl halides is 1. The van der Waals surface area contributed by atoms with Gasteiger partial charge >= 0.3 is 0 Å². The van der Waals surface area contributed by atoms with Gasteiger partial charge in [0.1, 0.15) is 5.82 Å². The van der Waals surface area contributed by atoms with Gasteiger partial charge in [-0.25, -0.2) is 12.8 Å². The van der Waals surface area contributed by atoms with E-state index in [0.717, 1.165) is 5.56 Å². The molecule has 0 spiro atoms. The summed E-state index contributed by atoms with van der Waals surface area (Å²) in [4.78, 5) is 0. The van der Waals surface area contributed by atoms with Crippen molar-refractivity contribution < 1.29 is 12.8 Å². The van der Waals surface area contributed by atoms with Crippen LogP contribution in [0, 0.1) is 5.82 Å². The lowest BCUT2D eigenvalue weighted by Crippen LogP contribution is -2.31. The molecule has 0 heterocycles. The van der Waals surface area contributed by atoms with Crippen LogP contribution < -0.4 is 0 Å². The molecule has 0 aliphatic carbocycles. The standard InChI is InChI=1S/C14H20ClFO2S/c1-14(2,3)19(17,18)9-8-12(10-15)11-4-6-13(16)7-5-11/h4-7,12H,8-10H2,1-3H3.